The third kappa shape index (κ3) is 6.65. The maximum absolute atomic E-state index is 13.8. The van der Waals surface area contributed by atoms with Gasteiger partial charge in [0.05, 0.1) is 53.4 Å². The van der Waals surface area contributed by atoms with Gasteiger partial charge in [-0.2, -0.15) is 5.10 Å². The minimum atomic E-state index is -0.415. The molecule has 0 radical (unpaired) electrons. The van der Waals surface area contributed by atoms with Gasteiger partial charge >= 0.3 is 0 Å². The molecular weight excluding hydrogens is 516 g/mol. The van der Waals surface area contributed by atoms with Crippen LogP contribution in [-0.2, 0) is 14.3 Å². The molecule has 1 fully saturated rings. The molecule has 40 heavy (non-hydrogen) atoms. The van der Waals surface area contributed by atoms with Gasteiger partial charge in [-0.25, -0.2) is 5.01 Å². The van der Waals surface area contributed by atoms with Gasteiger partial charge in [-0.15, -0.1) is 0 Å². The summed E-state index contributed by atoms with van der Waals surface area (Å²) < 4.78 is 27.3. The van der Waals surface area contributed by atoms with E-state index in [1.165, 1.54) is 11.9 Å². The lowest BCUT2D eigenvalue weighted by molar-refractivity contribution is -0.140. The zero-order chi connectivity index (χ0) is 28.6. The van der Waals surface area contributed by atoms with E-state index in [0.29, 0.717) is 61.4 Å². The molecule has 2 amide bonds. The molecule has 2 aliphatic rings. The van der Waals surface area contributed by atoms with Crippen LogP contribution < -0.4 is 18.9 Å². The molecule has 2 aromatic rings. The Bertz CT molecular complexity index is 1230. The van der Waals surface area contributed by atoms with Crippen LogP contribution in [0, 0.1) is 0 Å². The molecule has 1 atom stereocenters. The highest BCUT2D eigenvalue weighted by atomic mass is 16.5. The highest BCUT2D eigenvalue weighted by molar-refractivity contribution is 6.05. The van der Waals surface area contributed by atoms with Crippen LogP contribution in [-0.4, -0.2) is 107 Å². The Morgan fingerprint density at radius 1 is 0.950 bits per heavy atom. The van der Waals surface area contributed by atoms with E-state index in [4.69, 9.17) is 28.8 Å². The molecule has 0 N–H and O–H groups in total. The number of morpholine rings is 1. The first kappa shape index (κ1) is 29.2. The quantitative estimate of drug-likeness (QED) is 0.418. The Balaban J connectivity index is 1.63. The van der Waals surface area contributed by atoms with Gasteiger partial charge in [0.2, 0.25) is 5.91 Å². The summed E-state index contributed by atoms with van der Waals surface area (Å²) in [7, 11) is 6.33. The minimum Gasteiger partial charge on any atom is -0.497 e. The molecule has 0 aliphatic carbocycles. The number of amides is 2. The predicted octanol–water partition coefficient (Wildman–Crippen LogP) is 2.58. The molecule has 0 aromatic heterocycles. The Kier molecular flexibility index (Phi) is 9.84. The Labute approximate surface area is 235 Å². The summed E-state index contributed by atoms with van der Waals surface area (Å²) in [5.74, 6) is 1.95. The number of benzene rings is 2. The van der Waals surface area contributed by atoms with Crippen LogP contribution in [0.2, 0.25) is 0 Å². The van der Waals surface area contributed by atoms with Crippen molar-refractivity contribution >= 4 is 17.5 Å². The molecule has 11 heteroatoms. The number of hydrazone groups is 1. The fraction of sp³-hybridized carbons (Fsp3) is 0.483. The maximum Gasteiger partial charge on any atom is 0.262 e. The van der Waals surface area contributed by atoms with Crippen LogP contribution in [0.3, 0.4) is 0 Å². The van der Waals surface area contributed by atoms with E-state index in [9.17, 15) is 9.59 Å². The van der Waals surface area contributed by atoms with Crippen molar-refractivity contribution in [2.24, 2.45) is 5.10 Å². The van der Waals surface area contributed by atoms with E-state index in [-0.39, 0.29) is 18.4 Å². The van der Waals surface area contributed by atoms with Gasteiger partial charge in [0.1, 0.15) is 18.0 Å². The van der Waals surface area contributed by atoms with Crippen LogP contribution in [0.4, 0.5) is 0 Å². The second-order valence-corrected chi connectivity index (χ2v) is 9.58. The van der Waals surface area contributed by atoms with Crippen molar-refractivity contribution in [2.75, 3.05) is 74.4 Å². The molecule has 216 valence electrons. The fourth-order valence-corrected chi connectivity index (χ4v) is 4.93. The van der Waals surface area contributed by atoms with Crippen molar-refractivity contribution in [1.82, 2.24) is 14.8 Å². The molecule has 1 saturated heterocycles. The molecular formula is C29H38N4O7. The second-order valence-electron chi connectivity index (χ2n) is 9.58. The molecule has 11 nitrogen and oxygen atoms in total. The molecule has 0 unspecified atom stereocenters. The SMILES string of the molecule is COc1ccc(C2=NN(C(=O)CN(CCN3CCOCC3)C(C)=O)[C@H](c3ccc(OC)c(OC)c3)C2)c(OC)c1. The van der Waals surface area contributed by atoms with Gasteiger partial charge in [0.25, 0.3) is 5.91 Å². The normalized spacial score (nSPS) is 17.3. The van der Waals surface area contributed by atoms with Gasteiger partial charge in [0, 0.05) is 51.2 Å². The topological polar surface area (TPSA) is 102 Å². The van der Waals surface area contributed by atoms with Crippen LogP contribution in [0.25, 0.3) is 0 Å². The first-order valence-corrected chi connectivity index (χ1v) is 13.3. The molecule has 2 heterocycles. The molecule has 2 aromatic carbocycles. The lowest BCUT2D eigenvalue weighted by Gasteiger charge is -2.30. The van der Waals surface area contributed by atoms with E-state index in [1.807, 2.05) is 30.3 Å². The Hall–Kier alpha value is -3.83. The lowest BCUT2D eigenvalue weighted by atomic mass is 9.97. The number of nitrogens with zero attached hydrogens (tertiary/aromatic N) is 4. The van der Waals surface area contributed by atoms with Crippen molar-refractivity contribution in [1.29, 1.82) is 0 Å². The van der Waals surface area contributed by atoms with E-state index in [1.54, 1.807) is 39.4 Å². The summed E-state index contributed by atoms with van der Waals surface area (Å²) in [4.78, 5) is 30.1. The Morgan fingerprint density at radius 2 is 1.68 bits per heavy atom. The fourth-order valence-electron chi connectivity index (χ4n) is 4.93. The van der Waals surface area contributed by atoms with E-state index in [0.717, 1.165) is 24.2 Å². The van der Waals surface area contributed by atoms with Crippen LogP contribution in [0.1, 0.15) is 30.5 Å². The van der Waals surface area contributed by atoms with E-state index < -0.39 is 6.04 Å². The van der Waals surface area contributed by atoms with Crippen molar-refractivity contribution in [3.8, 4) is 23.0 Å². The molecule has 0 bridgehead atoms. The number of hydrogen-bond donors (Lipinski definition) is 0. The summed E-state index contributed by atoms with van der Waals surface area (Å²) in [6, 6.07) is 10.7. The largest absolute Gasteiger partial charge is 0.497 e. The van der Waals surface area contributed by atoms with Gasteiger partial charge in [-0.3, -0.25) is 14.5 Å². The monoisotopic (exact) mass is 554 g/mol. The number of carbonyl (C=O) groups is 2. The summed E-state index contributed by atoms with van der Waals surface area (Å²) >= 11 is 0. The van der Waals surface area contributed by atoms with Crippen molar-refractivity contribution in [3.05, 3.63) is 47.5 Å². The average Bonchev–Trinajstić information content (AvgIpc) is 3.44. The van der Waals surface area contributed by atoms with Gasteiger partial charge in [0.15, 0.2) is 11.5 Å². The zero-order valence-electron chi connectivity index (χ0n) is 23.8. The van der Waals surface area contributed by atoms with Crippen molar-refractivity contribution in [2.45, 2.75) is 19.4 Å². The van der Waals surface area contributed by atoms with Gasteiger partial charge < -0.3 is 28.6 Å². The van der Waals surface area contributed by atoms with Crippen molar-refractivity contribution in [3.63, 3.8) is 0 Å². The third-order valence-electron chi connectivity index (χ3n) is 7.24. The Morgan fingerprint density at radius 3 is 2.33 bits per heavy atom. The summed E-state index contributed by atoms with van der Waals surface area (Å²) in [6.45, 7) is 5.48. The average molecular weight is 555 g/mol. The second kappa shape index (κ2) is 13.5. The molecule has 0 saturated carbocycles. The molecule has 0 spiro atoms. The first-order valence-electron chi connectivity index (χ1n) is 13.3. The predicted molar refractivity (Wildman–Crippen MR) is 149 cm³/mol. The first-order chi connectivity index (χ1) is 19.4. The zero-order valence-corrected chi connectivity index (χ0v) is 23.8. The van der Waals surface area contributed by atoms with Crippen LogP contribution >= 0.6 is 0 Å². The molecule has 2 aliphatic heterocycles. The van der Waals surface area contributed by atoms with Crippen molar-refractivity contribution < 1.29 is 33.3 Å². The van der Waals surface area contributed by atoms with Gasteiger partial charge in [-0.05, 0) is 29.8 Å². The minimum absolute atomic E-state index is 0.0833. The number of hydrogen-bond acceptors (Lipinski definition) is 9. The van der Waals surface area contributed by atoms with Gasteiger partial charge in [-0.1, -0.05) is 6.07 Å². The standard InChI is InChI=1S/C29H38N4O7/c1-20(34)32(11-10-31-12-14-40-15-13-31)19-29(35)33-25(21-6-9-26(37-3)28(16-21)39-5)18-24(30-33)23-8-7-22(36-2)17-27(23)38-4/h6-9,16-17,25H,10-15,18-19H2,1-5H3/t25-/m0/s1. The summed E-state index contributed by atoms with van der Waals surface area (Å²) in [5.41, 5.74) is 2.29. The van der Waals surface area contributed by atoms with E-state index in [2.05, 4.69) is 4.90 Å². The lowest BCUT2D eigenvalue weighted by Crippen LogP contribution is -2.45. The highest BCUT2D eigenvalue weighted by Crippen LogP contribution is 2.39. The number of ether oxygens (including phenoxy) is 5. The van der Waals surface area contributed by atoms with Crippen LogP contribution in [0.15, 0.2) is 41.5 Å². The summed E-state index contributed by atoms with van der Waals surface area (Å²) in [5, 5.41) is 6.26. The number of methoxy groups -OCH3 is 4. The third-order valence-corrected chi connectivity index (χ3v) is 7.24. The number of carbonyl (C=O) groups excluding carboxylic acids is 2. The highest BCUT2D eigenvalue weighted by Gasteiger charge is 2.35. The number of rotatable bonds is 11. The van der Waals surface area contributed by atoms with E-state index >= 15 is 0 Å². The van der Waals surface area contributed by atoms with Crippen LogP contribution in [0.5, 0.6) is 23.0 Å². The maximum atomic E-state index is 13.8. The smallest absolute Gasteiger partial charge is 0.262 e. The molecule has 4 rings (SSSR count). The summed E-state index contributed by atoms with van der Waals surface area (Å²) in [6.07, 6.45) is 0.442.